The van der Waals surface area contributed by atoms with E-state index in [4.69, 9.17) is 11.6 Å². The molecule has 0 N–H and O–H groups in total. The molecule has 104 valence electrons. The molecule has 21 heavy (non-hydrogen) atoms. The summed E-state index contributed by atoms with van der Waals surface area (Å²) in [5.74, 6) is 0. The molecule has 1 aromatic heterocycles. The van der Waals surface area contributed by atoms with Crippen molar-refractivity contribution in [3.63, 3.8) is 0 Å². The average Bonchev–Trinajstić information content (AvgIpc) is 2.92. The minimum Gasteiger partial charge on any atom is -0.298 e. The molecule has 0 saturated heterocycles. The summed E-state index contributed by atoms with van der Waals surface area (Å²) < 4.78 is 2.81. The van der Waals surface area contributed by atoms with Crippen LogP contribution in [0.3, 0.4) is 0 Å². The molecule has 0 aliphatic rings. The summed E-state index contributed by atoms with van der Waals surface area (Å²) in [5.41, 5.74) is 2.96. The first-order valence-electron chi connectivity index (χ1n) is 6.24. The molecule has 3 aromatic rings. The number of halogens is 2. The summed E-state index contributed by atoms with van der Waals surface area (Å²) in [5, 5.41) is 5.15. The number of carbonyl (C=O) groups is 1. The van der Waals surface area contributed by atoms with Crippen LogP contribution >= 0.6 is 34.2 Å². The largest absolute Gasteiger partial charge is 0.298 e. The number of aldehydes is 1. The summed E-state index contributed by atoms with van der Waals surface area (Å²) in [6, 6.07) is 15.2. The zero-order valence-electron chi connectivity index (χ0n) is 10.8. The van der Waals surface area contributed by atoms with Crippen LogP contribution in [0.2, 0.25) is 5.02 Å². The Bertz CT molecular complexity index is 796. The molecule has 0 saturated carbocycles. The van der Waals surface area contributed by atoms with Gasteiger partial charge in [0, 0.05) is 20.4 Å². The maximum Gasteiger partial charge on any atom is 0.153 e. The molecule has 0 spiro atoms. The summed E-state index contributed by atoms with van der Waals surface area (Å²) in [4.78, 5) is 11.3. The molecular formula is C16H10ClIN2O. The summed E-state index contributed by atoms with van der Waals surface area (Å²) in [6.07, 6.45) is 2.54. The maximum absolute atomic E-state index is 11.3. The van der Waals surface area contributed by atoms with Gasteiger partial charge in [-0.15, -0.1) is 0 Å². The SMILES string of the molecule is O=Cc1cn(-c2cccc(Cl)c2)nc1-c1ccc(I)cc1. The van der Waals surface area contributed by atoms with E-state index in [2.05, 4.69) is 27.7 Å². The smallest absolute Gasteiger partial charge is 0.153 e. The Morgan fingerprint density at radius 2 is 1.90 bits per heavy atom. The van der Waals surface area contributed by atoms with Gasteiger partial charge >= 0.3 is 0 Å². The zero-order chi connectivity index (χ0) is 14.8. The number of benzene rings is 2. The molecule has 3 nitrogen and oxygen atoms in total. The first kappa shape index (κ1) is 14.3. The second kappa shape index (κ2) is 5.99. The first-order valence-corrected chi connectivity index (χ1v) is 7.70. The highest BCUT2D eigenvalue weighted by Gasteiger charge is 2.11. The van der Waals surface area contributed by atoms with Gasteiger partial charge in [-0.2, -0.15) is 5.10 Å². The van der Waals surface area contributed by atoms with Crippen LogP contribution in [0.4, 0.5) is 0 Å². The Morgan fingerprint density at radius 1 is 1.14 bits per heavy atom. The third-order valence-electron chi connectivity index (χ3n) is 3.06. The van der Waals surface area contributed by atoms with Gasteiger partial charge in [0.2, 0.25) is 0 Å². The molecule has 0 aliphatic heterocycles. The summed E-state index contributed by atoms with van der Waals surface area (Å²) in [6.45, 7) is 0. The average molecular weight is 409 g/mol. The van der Waals surface area contributed by atoms with Crippen LogP contribution in [-0.2, 0) is 0 Å². The fourth-order valence-corrected chi connectivity index (χ4v) is 2.60. The lowest BCUT2D eigenvalue weighted by atomic mass is 10.1. The van der Waals surface area contributed by atoms with Crippen molar-refractivity contribution >= 4 is 40.5 Å². The Balaban J connectivity index is 2.10. The van der Waals surface area contributed by atoms with E-state index in [0.717, 1.165) is 21.1 Å². The Morgan fingerprint density at radius 3 is 2.57 bits per heavy atom. The standard InChI is InChI=1S/C16H10ClIN2O/c17-13-2-1-3-15(8-13)20-9-12(10-21)16(19-20)11-4-6-14(18)7-5-11/h1-10H. The van der Waals surface area contributed by atoms with Gasteiger partial charge in [-0.1, -0.05) is 29.8 Å². The Labute approximate surface area is 140 Å². The fraction of sp³-hybridized carbons (Fsp3) is 0. The minimum absolute atomic E-state index is 0.552. The highest BCUT2D eigenvalue weighted by Crippen LogP contribution is 2.24. The number of nitrogens with zero attached hydrogens (tertiary/aromatic N) is 2. The van der Waals surface area contributed by atoms with Crippen LogP contribution < -0.4 is 0 Å². The van der Waals surface area contributed by atoms with Crippen molar-refractivity contribution in [1.29, 1.82) is 0 Å². The second-order valence-corrected chi connectivity index (χ2v) is 6.16. The minimum atomic E-state index is 0.552. The van der Waals surface area contributed by atoms with Gasteiger partial charge in [0.1, 0.15) is 5.69 Å². The topological polar surface area (TPSA) is 34.9 Å². The maximum atomic E-state index is 11.3. The molecular weight excluding hydrogens is 399 g/mol. The van der Waals surface area contributed by atoms with Gasteiger partial charge in [0.15, 0.2) is 6.29 Å². The highest BCUT2D eigenvalue weighted by molar-refractivity contribution is 14.1. The molecule has 3 rings (SSSR count). The van der Waals surface area contributed by atoms with E-state index >= 15 is 0 Å². The quantitative estimate of drug-likeness (QED) is 0.469. The van der Waals surface area contributed by atoms with Crippen molar-refractivity contribution in [1.82, 2.24) is 9.78 Å². The van der Waals surface area contributed by atoms with Crippen LogP contribution in [0.1, 0.15) is 10.4 Å². The predicted octanol–water partition coefficient (Wildman–Crippen LogP) is 4.61. The normalized spacial score (nSPS) is 10.6. The van der Waals surface area contributed by atoms with E-state index in [1.807, 2.05) is 36.4 Å². The summed E-state index contributed by atoms with van der Waals surface area (Å²) >= 11 is 8.24. The van der Waals surface area contributed by atoms with E-state index in [1.54, 1.807) is 23.0 Å². The van der Waals surface area contributed by atoms with Gasteiger partial charge in [-0.3, -0.25) is 4.79 Å². The predicted molar refractivity (Wildman–Crippen MR) is 92.1 cm³/mol. The lowest BCUT2D eigenvalue weighted by molar-refractivity contribution is 0.112. The Kier molecular flexibility index (Phi) is 4.07. The van der Waals surface area contributed by atoms with E-state index in [-0.39, 0.29) is 0 Å². The lowest BCUT2D eigenvalue weighted by Crippen LogP contribution is -1.94. The van der Waals surface area contributed by atoms with Crippen molar-refractivity contribution in [3.8, 4) is 16.9 Å². The van der Waals surface area contributed by atoms with E-state index < -0.39 is 0 Å². The molecule has 0 unspecified atom stereocenters. The molecule has 5 heteroatoms. The monoisotopic (exact) mass is 408 g/mol. The van der Waals surface area contributed by atoms with Crippen molar-refractivity contribution in [3.05, 3.63) is 68.9 Å². The van der Waals surface area contributed by atoms with E-state index in [0.29, 0.717) is 16.3 Å². The van der Waals surface area contributed by atoms with Crippen LogP contribution in [-0.4, -0.2) is 16.1 Å². The molecule has 0 bridgehead atoms. The van der Waals surface area contributed by atoms with Crippen LogP contribution in [0, 0.1) is 3.57 Å². The molecule has 2 aromatic carbocycles. The lowest BCUT2D eigenvalue weighted by Gasteiger charge is -2.01. The molecule has 0 fully saturated rings. The molecule has 1 heterocycles. The third kappa shape index (κ3) is 3.01. The van der Waals surface area contributed by atoms with Crippen molar-refractivity contribution < 1.29 is 4.79 Å². The molecule has 0 aliphatic carbocycles. The first-order chi connectivity index (χ1) is 10.2. The molecule has 0 radical (unpaired) electrons. The zero-order valence-corrected chi connectivity index (χ0v) is 13.7. The van der Waals surface area contributed by atoms with E-state index in [1.165, 1.54) is 0 Å². The van der Waals surface area contributed by atoms with Crippen LogP contribution in [0.25, 0.3) is 16.9 Å². The van der Waals surface area contributed by atoms with Crippen molar-refractivity contribution in [2.45, 2.75) is 0 Å². The highest BCUT2D eigenvalue weighted by atomic mass is 127. The number of hydrogen-bond acceptors (Lipinski definition) is 2. The third-order valence-corrected chi connectivity index (χ3v) is 4.01. The molecule has 0 amide bonds. The van der Waals surface area contributed by atoms with Gasteiger partial charge in [0.05, 0.1) is 11.3 Å². The number of aromatic nitrogens is 2. The van der Waals surface area contributed by atoms with Gasteiger partial charge in [-0.05, 0) is 52.9 Å². The molecule has 0 atom stereocenters. The number of hydrogen-bond donors (Lipinski definition) is 0. The Hall–Kier alpha value is -1.66. The van der Waals surface area contributed by atoms with E-state index in [9.17, 15) is 4.79 Å². The number of rotatable bonds is 3. The van der Waals surface area contributed by atoms with Crippen LogP contribution in [0.5, 0.6) is 0 Å². The summed E-state index contributed by atoms with van der Waals surface area (Å²) in [7, 11) is 0. The fourth-order valence-electron chi connectivity index (χ4n) is 2.06. The van der Waals surface area contributed by atoms with Crippen molar-refractivity contribution in [2.24, 2.45) is 0 Å². The second-order valence-electron chi connectivity index (χ2n) is 4.48. The van der Waals surface area contributed by atoms with Gasteiger partial charge in [0.25, 0.3) is 0 Å². The van der Waals surface area contributed by atoms with Gasteiger partial charge < -0.3 is 0 Å². The van der Waals surface area contributed by atoms with Crippen molar-refractivity contribution in [2.75, 3.05) is 0 Å². The van der Waals surface area contributed by atoms with Gasteiger partial charge in [-0.25, -0.2) is 4.68 Å². The van der Waals surface area contributed by atoms with Crippen LogP contribution in [0.15, 0.2) is 54.7 Å². The number of carbonyl (C=O) groups excluding carboxylic acids is 1.